The van der Waals surface area contributed by atoms with Gasteiger partial charge in [-0.1, -0.05) is 24.3 Å². The van der Waals surface area contributed by atoms with Crippen LogP contribution in [0.25, 0.3) is 21.5 Å². The highest BCUT2D eigenvalue weighted by Gasteiger charge is 2.35. The van der Waals surface area contributed by atoms with E-state index in [-0.39, 0.29) is 23.6 Å². The Morgan fingerprint density at radius 1 is 0.659 bits per heavy atom. The first-order chi connectivity index (χ1) is 19.8. The minimum atomic E-state index is -0.319. The molecule has 4 aromatic rings. The maximum atomic E-state index is 13.3. The highest BCUT2D eigenvalue weighted by atomic mass is 16.2. The van der Waals surface area contributed by atoms with Gasteiger partial charge < -0.3 is 10.6 Å². The predicted octanol–water partition coefficient (Wildman–Crippen LogP) is 4.28. The molecule has 0 saturated heterocycles. The van der Waals surface area contributed by atoms with Gasteiger partial charge in [0, 0.05) is 46.2 Å². The largest absolute Gasteiger partial charge is 0.399 e. The summed E-state index contributed by atoms with van der Waals surface area (Å²) in [6.45, 7) is 1.94. The van der Waals surface area contributed by atoms with Crippen LogP contribution in [0.5, 0.6) is 0 Å². The van der Waals surface area contributed by atoms with Crippen molar-refractivity contribution in [3.63, 3.8) is 0 Å². The van der Waals surface area contributed by atoms with E-state index < -0.39 is 0 Å². The molecule has 41 heavy (non-hydrogen) atoms. The smallest absolute Gasteiger partial charge is 0.261 e. The Hall–Kier alpha value is -4.56. The fraction of sp³-hybridized carbons (Fsp3) is 0.273. The molecular weight excluding hydrogens is 516 g/mol. The van der Waals surface area contributed by atoms with Gasteiger partial charge >= 0.3 is 0 Å². The Balaban J connectivity index is 0.966. The fourth-order valence-electron chi connectivity index (χ4n) is 6.76. The Morgan fingerprint density at radius 2 is 1.20 bits per heavy atom. The third-order valence-electron chi connectivity index (χ3n) is 8.74. The van der Waals surface area contributed by atoms with E-state index in [0.717, 1.165) is 29.0 Å². The first-order valence-corrected chi connectivity index (χ1v) is 14.1. The zero-order chi connectivity index (χ0) is 28.4. The summed E-state index contributed by atoms with van der Waals surface area (Å²) >= 11 is 0. The van der Waals surface area contributed by atoms with E-state index in [1.165, 1.54) is 20.9 Å². The molecule has 2 N–H and O–H groups in total. The first-order valence-electron chi connectivity index (χ1n) is 14.1. The van der Waals surface area contributed by atoms with Crippen LogP contribution in [-0.4, -0.2) is 71.6 Å². The summed E-state index contributed by atoms with van der Waals surface area (Å²) in [5.41, 5.74) is 11.2. The molecule has 8 nitrogen and oxygen atoms in total. The van der Waals surface area contributed by atoms with E-state index in [4.69, 9.17) is 5.73 Å². The van der Waals surface area contributed by atoms with Gasteiger partial charge in [0.25, 0.3) is 23.6 Å². The van der Waals surface area contributed by atoms with Crippen LogP contribution in [-0.2, 0) is 12.8 Å². The normalized spacial score (nSPS) is 15.8. The standard InChI is InChI=1S/C33H30N4O4/c1-35(14-4-16-37-30(38)23-6-2-5-21-17-22(34)18-26(28(21)23)33(37)41)13-3-15-36-31(39)24-11-9-19-7-8-20-10-12-25(32(36)40)29(24)27(19)20/h2,5-6,9-12,17-18H,3-4,7-8,13-16,34H2,1H3. The summed E-state index contributed by atoms with van der Waals surface area (Å²) in [4.78, 5) is 57.8. The molecule has 7 rings (SSSR count). The molecule has 8 heteroatoms. The summed E-state index contributed by atoms with van der Waals surface area (Å²) in [6.07, 6.45) is 3.13. The van der Waals surface area contributed by atoms with Crippen LogP contribution in [0.2, 0.25) is 0 Å². The van der Waals surface area contributed by atoms with Crippen LogP contribution in [0.15, 0.2) is 54.6 Å². The molecule has 4 aromatic carbocycles. The third kappa shape index (κ3) is 3.93. The lowest BCUT2D eigenvalue weighted by molar-refractivity contribution is 0.0596. The number of amides is 4. The Bertz CT molecular complexity index is 1770. The number of hydrogen-bond donors (Lipinski definition) is 1. The maximum Gasteiger partial charge on any atom is 0.261 e. The molecule has 0 radical (unpaired) electrons. The highest BCUT2D eigenvalue weighted by Crippen LogP contribution is 2.38. The van der Waals surface area contributed by atoms with Gasteiger partial charge in [-0.2, -0.15) is 0 Å². The SMILES string of the molecule is CN(CCCN1C(=O)c2cccc3cc(N)cc(c23)C1=O)CCCN1C(=O)c2ccc3c4c(ccc(c24)C1=O)CC3. The summed E-state index contributed by atoms with van der Waals surface area (Å²) in [5, 5.41) is 3.37. The Kier molecular flexibility index (Phi) is 5.90. The summed E-state index contributed by atoms with van der Waals surface area (Å²) in [6, 6.07) is 16.7. The van der Waals surface area contributed by atoms with E-state index in [1.807, 2.05) is 43.4 Å². The Labute approximate surface area is 237 Å². The minimum absolute atomic E-state index is 0.223. The van der Waals surface area contributed by atoms with Gasteiger partial charge in [0.2, 0.25) is 0 Å². The second-order valence-electron chi connectivity index (χ2n) is 11.3. The summed E-state index contributed by atoms with van der Waals surface area (Å²) in [5.74, 6) is -1.05. The fourth-order valence-corrected chi connectivity index (χ4v) is 6.76. The van der Waals surface area contributed by atoms with E-state index in [9.17, 15) is 19.2 Å². The second-order valence-corrected chi connectivity index (χ2v) is 11.3. The molecule has 0 bridgehead atoms. The van der Waals surface area contributed by atoms with Gasteiger partial charge in [0.15, 0.2) is 0 Å². The van der Waals surface area contributed by atoms with Crippen LogP contribution in [0.3, 0.4) is 0 Å². The van der Waals surface area contributed by atoms with Crippen LogP contribution in [0, 0.1) is 0 Å². The van der Waals surface area contributed by atoms with Crippen LogP contribution < -0.4 is 5.73 Å². The minimum Gasteiger partial charge on any atom is -0.399 e. The predicted molar refractivity (Wildman–Crippen MR) is 157 cm³/mol. The van der Waals surface area contributed by atoms with Crippen LogP contribution >= 0.6 is 0 Å². The number of aryl methyl sites for hydroxylation is 2. The van der Waals surface area contributed by atoms with Gasteiger partial charge in [-0.3, -0.25) is 29.0 Å². The molecule has 2 aliphatic heterocycles. The molecule has 0 atom stereocenters. The number of nitrogens with zero attached hydrogens (tertiary/aromatic N) is 3. The third-order valence-corrected chi connectivity index (χ3v) is 8.74. The van der Waals surface area contributed by atoms with Crippen molar-refractivity contribution < 1.29 is 19.2 Å². The maximum absolute atomic E-state index is 13.3. The molecule has 2 heterocycles. The summed E-state index contributed by atoms with van der Waals surface area (Å²) in [7, 11) is 1.96. The van der Waals surface area contributed by atoms with E-state index in [2.05, 4.69) is 4.90 Å². The van der Waals surface area contributed by atoms with Crippen molar-refractivity contribution in [2.75, 3.05) is 39.0 Å². The monoisotopic (exact) mass is 546 g/mol. The van der Waals surface area contributed by atoms with Gasteiger partial charge in [-0.05, 0) is 98.1 Å². The zero-order valence-electron chi connectivity index (χ0n) is 22.9. The molecule has 0 saturated carbocycles. The molecule has 1 aliphatic carbocycles. The van der Waals surface area contributed by atoms with Gasteiger partial charge in [-0.25, -0.2) is 0 Å². The molecule has 0 fully saturated rings. The molecule has 4 amide bonds. The van der Waals surface area contributed by atoms with Crippen LogP contribution in [0.4, 0.5) is 5.69 Å². The van der Waals surface area contributed by atoms with Gasteiger partial charge in [0.05, 0.1) is 5.56 Å². The number of carbonyl (C=O) groups is 4. The summed E-state index contributed by atoms with van der Waals surface area (Å²) < 4.78 is 0. The average Bonchev–Trinajstić information content (AvgIpc) is 3.39. The van der Waals surface area contributed by atoms with Crippen molar-refractivity contribution in [2.24, 2.45) is 0 Å². The lowest BCUT2D eigenvalue weighted by Gasteiger charge is -2.29. The van der Waals surface area contributed by atoms with E-state index >= 15 is 0 Å². The molecule has 0 aromatic heterocycles. The van der Waals surface area contributed by atoms with Gasteiger partial charge in [-0.15, -0.1) is 0 Å². The van der Waals surface area contributed by atoms with E-state index in [0.29, 0.717) is 72.3 Å². The van der Waals surface area contributed by atoms with Crippen molar-refractivity contribution in [1.29, 1.82) is 0 Å². The zero-order valence-corrected chi connectivity index (χ0v) is 22.9. The second kappa shape index (κ2) is 9.52. The van der Waals surface area contributed by atoms with Crippen molar-refractivity contribution in [2.45, 2.75) is 25.7 Å². The molecule has 3 aliphatic rings. The van der Waals surface area contributed by atoms with E-state index in [1.54, 1.807) is 18.2 Å². The average molecular weight is 547 g/mol. The van der Waals surface area contributed by atoms with Crippen molar-refractivity contribution in [3.05, 3.63) is 88.0 Å². The van der Waals surface area contributed by atoms with Crippen molar-refractivity contribution in [1.82, 2.24) is 14.7 Å². The number of hydrogen-bond acceptors (Lipinski definition) is 6. The van der Waals surface area contributed by atoms with Crippen molar-refractivity contribution >= 4 is 50.9 Å². The highest BCUT2D eigenvalue weighted by molar-refractivity contribution is 6.27. The quantitative estimate of drug-likeness (QED) is 0.261. The topological polar surface area (TPSA) is 104 Å². The molecular formula is C33H30N4O4. The number of carbonyl (C=O) groups excluding carboxylic acids is 4. The number of nitrogens with two attached hydrogens (primary N) is 1. The molecule has 206 valence electrons. The number of anilines is 1. The van der Waals surface area contributed by atoms with Crippen LogP contribution in [0.1, 0.15) is 65.4 Å². The molecule has 0 spiro atoms. The van der Waals surface area contributed by atoms with Crippen molar-refractivity contribution in [3.8, 4) is 0 Å². The molecule has 0 unspecified atom stereocenters. The Morgan fingerprint density at radius 3 is 1.78 bits per heavy atom. The first kappa shape index (κ1) is 25.4. The number of rotatable bonds is 8. The number of nitrogen functional groups attached to an aromatic ring is 1. The number of benzene rings is 4. The van der Waals surface area contributed by atoms with Gasteiger partial charge in [0.1, 0.15) is 0 Å². The lowest BCUT2D eigenvalue weighted by Crippen LogP contribution is -2.42. The lowest BCUT2D eigenvalue weighted by atomic mass is 9.91. The number of imide groups is 2.